The van der Waals surface area contributed by atoms with E-state index in [9.17, 15) is 4.79 Å². The minimum Gasteiger partial charge on any atom is -0.493 e. The molecule has 1 aromatic carbocycles. The van der Waals surface area contributed by atoms with E-state index < -0.39 is 0 Å². The SMILES string of the molecule is C[C@H]1CN(c2ccc(NC(=O)c3ccc4c(c3)CCO4)cn2)C[C@H](C)O1. The maximum Gasteiger partial charge on any atom is 0.255 e. The molecule has 1 fully saturated rings. The summed E-state index contributed by atoms with van der Waals surface area (Å²) in [7, 11) is 0. The molecule has 136 valence electrons. The molecule has 2 atom stereocenters. The Morgan fingerprint density at radius 1 is 1.19 bits per heavy atom. The van der Waals surface area contributed by atoms with Gasteiger partial charge in [-0.15, -0.1) is 0 Å². The number of nitrogens with zero attached hydrogens (tertiary/aromatic N) is 2. The van der Waals surface area contributed by atoms with E-state index in [0.29, 0.717) is 17.9 Å². The molecule has 0 unspecified atom stereocenters. The standard InChI is InChI=1S/C20H23N3O3/c1-13-11-23(12-14(2)26-13)19-6-4-17(10-21-19)22-20(24)16-3-5-18-15(9-16)7-8-25-18/h3-6,9-10,13-14H,7-8,11-12H2,1-2H3,(H,22,24)/t13-,14-/m0/s1. The molecule has 0 spiro atoms. The van der Waals surface area contributed by atoms with Gasteiger partial charge in [-0.1, -0.05) is 0 Å². The molecule has 6 heteroatoms. The lowest BCUT2D eigenvalue weighted by Gasteiger charge is -2.36. The molecule has 0 radical (unpaired) electrons. The van der Waals surface area contributed by atoms with Gasteiger partial charge in [-0.05, 0) is 49.7 Å². The number of morpholine rings is 1. The van der Waals surface area contributed by atoms with Crippen molar-refractivity contribution in [3.05, 3.63) is 47.7 Å². The van der Waals surface area contributed by atoms with Crippen molar-refractivity contribution in [1.82, 2.24) is 4.98 Å². The number of hydrogen-bond donors (Lipinski definition) is 1. The number of ether oxygens (including phenoxy) is 2. The smallest absolute Gasteiger partial charge is 0.255 e. The summed E-state index contributed by atoms with van der Waals surface area (Å²) in [6.45, 7) is 6.46. The number of carbonyl (C=O) groups is 1. The van der Waals surface area contributed by atoms with Crippen molar-refractivity contribution in [3.8, 4) is 5.75 Å². The van der Waals surface area contributed by atoms with E-state index in [1.54, 1.807) is 12.3 Å². The second-order valence-corrected chi connectivity index (χ2v) is 6.94. The van der Waals surface area contributed by atoms with Gasteiger partial charge in [0.2, 0.25) is 0 Å². The molecule has 3 heterocycles. The Kier molecular flexibility index (Phi) is 4.51. The van der Waals surface area contributed by atoms with Crippen molar-refractivity contribution in [1.29, 1.82) is 0 Å². The van der Waals surface area contributed by atoms with Crippen LogP contribution in [0, 0.1) is 0 Å². The number of amides is 1. The maximum absolute atomic E-state index is 12.5. The third-order valence-corrected chi connectivity index (χ3v) is 4.70. The lowest BCUT2D eigenvalue weighted by atomic mass is 10.1. The van der Waals surface area contributed by atoms with Crippen molar-refractivity contribution < 1.29 is 14.3 Å². The molecule has 2 aliphatic heterocycles. The topological polar surface area (TPSA) is 63.7 Å². The predicted molar refractivity (Wildman–Crippen MR) is 100 cm³/mol. The third-order valence-electron chi connectivity index (χ3n) is 4.70. The molecule has 6 nitrogen and oxygen atoms in total. The van der Waals surface area contributed by atoms with Crippen LogP contribution in [0.2, 0.25) is 0 Å². The quantitative estimate of drug-likeness (QED) is 0.919. The summed E-state index contributed by atoms with van der Waals surface area (Å²) in [4.78, 5) is 19.2. The first-order chi connectivity index (χ1) is 12.6. The number of pyridine rings is 1. The van der Waals surface area contributed by atoms with Gasteiger partial charge in [0.1, 0.15) is 11.6 Å². The molecule has 26 heavy (non-hydrogen) atoms. The van der Waals surface area contributed by atoms with E-state index >= 15 is 0 Å². The second kappa shape index (κ2) is 6.96. The first-order valence-electron chi connectivity index (χ1n) is 9.02. The number of hydrogen-bond acceptors (Lipinski definition) is 5. The zero-order chi connectivity index (χ0) is 18.1. The highest BCUT2D eigenvalue weighted by atomic mass is 16.5. The van der Waals surface area contributed by atoms with Gasteiger partial charge in [-0.25, -0.2) is 4.98 Å². The summed E-state index contributed by atoms with van der Waals surface area (Å²) in [5.74, 6) is 1.64. The fraction of sp³-hybridized carbons (Fsp3) is 0.400. The van der Waals surface area contributed by atoms with Crippen LogP contribution in [0.15, 0.2) is 36.5 Å². The van der Waals surface area contributed by atoms with Gasteiger partial charge in [-0.3, -0.25) is 4.79 Å². The molecule has 0 saturated carbocycles. The van der Waals surface area contributed by atoms with E-state index in [1.807, 2.05) is 24.3 Å². The Balaban J connectivity index is 1.43. The fourth-order valence-electron chi connectivity index (χ4n) is 3.54. The molecule has 1 aromatic heterocycles. The maximum atomic E-state index is 12.5. The summed E-state index contributed by atoms with van der Waals surface area (Å²) in [6, 6.07) is 9.38. The highest BCUT2D eigenvalue weighted by Gasteiger charge is 2.23. The average molecular weight is 353 g/mol. The van der Waals surface area contributed by atoms with Crippen LogP contribution in [0.1, 0.15) is 29.8 Å². The van der Waals surface area contributed by atoms with Gasteiger partial charge in [0, 0.05) is 25.1 Å². The summed E-state index contributed by atoms with van der Waals surface area (Å²) >= 11 is 0. The third kappa shape index (κ3) is 3.51. The van der Waals surface area contributed by atoms with Crippen LogP contribution in [-0.4, -0.2) is 42.8 Å². The molecule has 1 amide bonds. The van der Waals surface area contributed by atoms with Gasteiger partial charge in [0.25, 0.3) is 5.91 Å². The fourth-order valence-corrected chi connectivity index (χ4v) is 3.54. The lowest BCUT2D eigenvalue weighted by molar-refractivity contribution is -0.00545. The van der Waals surface area contributed by atoms with Crippen LogP contribution >= 0.6 is 0 Å². The first-order valence-corrected chi connectivity index (χ1v) is 9.02. The van der Waals surface area contributed by atoms with E-state index in [2.05, 4.69) is 29.0 Å². The average Bonchev–Trinajstić information content (AvgIpc) is 3.09. The summed E-state index contributed by atoms with van der Waals surface area (Å²) in [6.07, 6.45) is 2.92. The van der Waals surface area contributed by atoms with Crippen molar-refractivity contribution in [3.63, 3.8) is 0 Å². The van der Waals surface area contributed by atoms with Crippen LogP contribution in [0.5, 0.6) is 5.75 Å². The molecule has 4 rings (SSSR count). The van der Waals surface area contributed by atoms with E-state index in [1.165, 1.54) is 0 Å². The van der Waals surface area contributed by atoms with Gasteiger partial charge in [-0.2, -0.15) is 0 Å². The molecular weight excluding hydrogens is 330 g/mol. The number of nitrogens with one attached hydrogen (secondary N) is 1. The van der Waals surface area contributed by atoms with Crippen LogP contribution in [0.3, 0.4) is 0 Å². The Hall–Kier alpha value is -2.60. The van der Waals surface area contributed by atoms with E-state index in [0.717, 1.165) is 36.6 Å². The summed E-state index contributed by atoms with van der Waals surface area (Å²) < 4.78 is 11.2. The Morgan fingerprint density at radius 2 is 2.00 bits per heavy atom. The van der Waals surface area contributed by atoms with Crippen LogP contribution in [0.25, 0.3) is 0 Å². The van der Waals surface area contributed by atoms with E-state index in [-0.39, 0.29) is 18.1 Å². The number of carbonyl (C=O) groups excluding carboxylic acids is 1. The first kappa shape index (κ1) is 16.8. The molecule has 2 aliphatic rings. The second-order valence-electron chi connectivity index (χ2n) is 6.94. The Morgan fingerprint density at radius 3 is 2.73 bits per heavy atom. The minimum atomic E-state index is -0.136. The normalized spacial score (nSPS) is 21.8. The van der Waals surface area contributed by atoms with Crippen molar-refractivity contribution in [2.75, 3.05) is 29.9 Å². The van der Waals surface area contributed by atoms with Crippen molar-refractivity contribution in [2.45, 2.75) is 32.5 Å². The molecule has 0 aliphatic carbocycles. The Bertz CT molecular complexity index is 796. The monoisotopic (exact) mass is 353 g/mol. The Labute approximate surface area is 153 Å². The highest BCUT2D eigenvalue weighted by Crippen LogP contribution is 2.26. The van der Waals surface area contributed by atoms with Crippen molar-refractivity contribution >= 4 is 17.4 Å². The molecule has 1 N–H and O–H groups in total. The van der Waals surface area contributed by atoms with Crippen LogP contribution in [0.4, 0.5) is 11.5 Å². The number of benzene rings is 1. The molecule has 2 aromatic rings. The predicted octanol–water partition coefficient (Wildman–Crippen LogP) is 2.88. The summed E-state index contributed by atoms with van der Waals surface area (Å²) in [5.41, 5.74) is 2.40. The number of anilines is 2. The van der Waals surface area contributed by atoms with Crippen LogP contribution < -0.4 is 15.0 Å². The van der Waals surface area contributed by atoms with Gasteiger partial charge >= 0.3 is 0 Å². The van der Waals surface area contributed by atoms with Crippen molar-refractivity contribution in [2.24, 2.45) is 0 Å². The number of aromatic nitrogens is 1. The number of rotatable bonds is 3. The van der Waals surface area contributed by atoms with Gasteiger partial charge < -0.3 is 19.7 Å². The largest absolute Gasteiger partial charge is 0.493 e. The highest BCUT2D eigenvalue weighted by molar-refractivity contribution is 6.04. The van der Waals surface area contributed by atoms with Crippen LogP contribution in [-0.2, 0) is 11.2 Å². The zero-order valence-corrected chi connectivity index (χ0v) is 15.1. The molecule has 1 saturated heterocycles. The lowest BCUT2D eigenvalue weighted by Crippen LogP contribution is -2.45. The summed E-state index contributed by atoms with van der Waals surface area (Å²) in [5, 5.41) is 2.91. The molecule has 0 bridgehead atoms. The zero-order valence-electron chi connectivity index (χ0n) is 15.1. The van der Waals surface area contributed by atoms with Gasteiger partial charge in [0.05, 0.1) is 30.7 Å². The minimum absolute atomic E-state index is 0.136. The molecular formula is C20H23N3O3. The van der Waals surface area contributed by atoms with E-state index in [4.69, 9.17) is 9.47 Å². The number of fused-ring (bicyclic) bond motifs is 1. The van der Waals surface area contributed by atoms with Gasteiger partial charge in [0.15, 0.2) is 0 Å².